The molecular weight excluding hydrogens is 332 g/mol. The van der Waals surface area contributed by atoms with Crippen LogP contribution in [0.15, 0.2) is 48.5 Å². The highest BCUT2D eigenvalue weighted by atomic mass is 16.6. The number of non-ortho nitro benzene ring substituents is 1. The van der Waals surface area contributed by atoms with Gasteiger partial charge in [-0.15, -0.1) is 0 Å². The predicted molar refractivity (Wildman–Crippen MR) is 102 cm³/mol. The van der Waals surface area contributed by atoms with Gasteiger partial charge >= 0.3 is 0 Å². The van der Waals surface area contributed by atoms with Crippen LogP contribution < -0.4 is 10.1 Å². The Balaban J connectivity index is 2.07. The maximum Gasteiger partial charge on any atom is 0.271 e. The van der Waals surface area contributed by atoms with Gasteiger partial charge in [0.05, 0.1) is 4.92 Å². The number of carbonyl (C=O) groups excluding carboxylic acids is 1. The van der Waals surface area contributed by atoms with Crippen LogP contribution in [0.1, 0.15) is 39.7 Å². The van der Waals surface area contributed by atoms with Gasteiger partial charge in [0, 0.05) is 17.8 Å². The fourth-order valence-electron chi connectivity index (χ4n) is 2.44. The van der Waals surface area contributed by atoms with Crippen molar-refractivity contribution in [3.63, 3.8) is 0 Å². The van der Waals surface area contributed by atoms with Crippen LogP contribution in [0.3, 0.4) is 0 Å². The molecule has 0 spiro atoms. The average Bonchev–Trinajstić information content (AvgIpc) is 2.59. The average molecular weight is 356 g/mol. The Morgan fingerprint density at radius 3 is 2.38 bits per heavy atom. The minimum Gasteiger partial charge on any atom is -0.481 e. The van der Waals surface area contributed by atoms with E-state index in [2.05, 4.69) is 26.1 Å². The Hall–Kier alpha value is -2.89. The van der Waals surface area contributed by atoms with Gasteiger partial charge in [-0.05, 0) is 35.6 Å². The maximum atomic E-state index is 12.4. The zero-order valence-corrected chi connectivity index (χ0v) is 15.5. The summed E-state index contributed by atoms with van der Waals surface area (Å²) < 4.78 is 5.80. The van der Waals surface area contributed by atoms with Gasteiger partial charge in [-0.25, -0.2) is 0 Å². The summed E-state index contributed by atoms with van der Waals surface area (Å²) in [6, 6.07) is 13.5. The lowest BCUT2D eigenvalue weighted by Crippen LogP contribution is -2.32. The molecule has 0 aliphatic carbocycles. The van der Waals surface area contributed by atoms with Crippen molar-refractivity contribution in [3.05, 3.63) is 64.2 Å². The Morgan fingerprint density at radius 2 is 1.85 bits per heavy atom. The number of carbonyl (C=O) groups is 1. The van der Waals surface area contributed by atoms with Gasteiger partial charge in [-0.2, -0.15) is 0 Å². The molecule has 2 aromatic rings. The molecule has 0 fully saturated rings. The minimum absolute atomic E-state index is 0.0437. The van der Waals surface area contributed by atoms with E-state index >= 15 is 0 Å². The summed E-state index contributed by atoms with van der Waals surface area (Å²) >= 11 is 0. The van der Waals surface area contributed by atoms with Crippen molar-refractivity contribution in [2.24, 2.45) is 0 Å². The van der Waals surface area contributed by atoms with Gasteiger partial charge in [0.25, 0.3) is 11.6 Å². The Kier molecular flexibility index (Phi) is 5.97. The van der Waals surface area contributed by atoms with Crippen LogP contribution in [0.2, 0.25) is 0 Å². The SMILES string of the molecule is CC[C@H](Oc1ccc(C(C)(C)C)cc1)C(=O)Nc1cccc([N+](=O)[O-])c1. The second-order valence-electron chi connectivity index (χ2n) is 7.09. The smallest absolute Gasteiger partial charge is 0.271 e. The summed E-state index contributed by atoms with van der Waals surface area (Å²) in [6.45, 7) is 8.24. The van der Waals surface area contributed by atoms with E-state index in [-0.39, 0.29) is 17.0 Å². The molecule has 0 aliphatic rings. The highest BCUT2D eigenvalue weighted by Gasteiger charge is 2.20. The number of rotatable bonds is 6. The molecule has 26 heavy (non-hydrogen) atoms. The summed E-state index contributed by atoms with van der Waals surface area (Å²) in [5.74, 6) is 0.270. The van der Waals surface area contributed by atoms with Crippen LogP contribution in [0, 0.1) is 10.1 Å². The molecule has 0 heterocycles. The molecule has 0 radical (unpaired) electrons. The number of nitrogens with zero attached hydrogens (tertiary/aromatic N) is 1. The van der Waals surface area contributed by atoms with Crippen molar-refractivity contribution >= 4 is 17.3 Å². The standard InChI is InChI=1S/C20H24N2O4/c1-5-18(26-17-11-9-14(10-12-17)20(2,3)4)19(23)21-15-7-6-8-16(13-15)22(24)25/h6-13,18H,5H2,1-4H3,(H,21,23)/t18-/m0/s1. The van der Waals surface area contributed by atoms with Gasteiger partial charge in [0.15, 0.2) is 6.10 Å². The molecule has 0 aromatic heterocycles. The summed E-state index contributed by atoms with van der Waals surface area (Å²) in [6.07, 6.45) is -0.211. The lowest BCUT2D eigenvalue weighted by atomic mass is 9.87. The van der Waals surface area contributed by atoms with E-state index in [0.717, 1.165) is 0 Å². The maximum absolute atomic E-state index is 12.4. The van der Waals surface area contributed by atoms with E-state index < -0.39 is 11.0 Å². The van der Waals surface area contributed by atoms with Crippen molar-refractivity contribution in [3.8, 4) is 5.75 Å². The van der Waals surface area contributed by atoms with E-state index in [1.54, 1.807) is 6.07 Å². The van der Waals surface area contributed by atoms with E-state index in [1.165, 1.54) is 23.8 Å². The molecule has 0 aliphatic heterocycles. The molecule has 6 heteroatoms. The molecular formula is C20H24N2O4. The van der Waals surface area contributed by atoms with Crippen molar-refractivity contribution in [1.29, 1.82) is 0 Å². The molecule has 0 bridgehead atoms. The molecule has 138 valence electrons. The van der Waals surface area contributed by atoms with Gasteiger partial charge < -0.3 is 10.1 Å². The second-order valence-corrected chi connectivity index (χ2v) is 7.09. The first-order chi connectivity index (χ1) is 12.2. The molecule has 0 saturated carbocycles. The fraction of sp³-hybridized carbons (Fsp3) is 0.350. The molecule has 1 atom stereocenters. The largest absolute Gasteiger partial charge is 0.481 e. The number of amides is 1. The van der Waals surface area contributed by atoms with Crippen molar-refractivity contribution in [1.82, 2.24) is 0 Å². The predicted octanol–water partition coefficient (Wildman–Crippen LogP) is 4.69. The highest BCUT2D eigenvalue weighted by molar-refractivity contribution is 5.94. The summed E-state index contributed by atoms with van der Waals surface area (Å²) in [7, 11) is 0. The summed E-state index contributed by atoms with van der Waals surface area (Å²) in [5, 5.41) is 13.5. The third-order valence-electron chi connectivity index (χ3n) is 3.99. The molecule has 1 amide bonds. The van der Waals surface area contributed by atoms with Crippen molar-refractivity contribution in [2.75, 3.05) is 5.32 Å². The molecule has 2 aromatic carbocycles. The van der Waals surface area contributed by atoms with Gasteiger partial charge in [-0.3, -0.25) is 14.9 Å². The van der Waals surface area contributed by atoms with E-state index in [0.29, 0.717) is 17.9 Å². The normalized spacial score (nSPS) is 12.3. The number of hydrogen-bond acceptors (Lipinski definition) is 4. The van der Waals surface area contributed by atoms with E-state index in [1.807, 2.05) is 31.2 Å². The second kappa shape index (κ2) is 7.99. The first kappa shape index (κ1) is 19.4. The van der Waals surface area contributed by atoms with E-state index in [9.17, 15) is 14.9 Å². The first-order valence-corrected chi connectivity index (χ1v) is 8.53. The Morgan fingerprint density at radius 1 is 1.19 bits per heavy atom. The molecule has 2 rings (SSSR count). The van der Waals surface area contributed by atoms with Gasteiger partial charge in [0.1, 0.15) is 5.75 Å². The zero-order chi connectivity index (χ0) is 19.3. The summed E-state index contributed by atoms with van der Waals surface area (Å²) in [5.41, 5.74) is 1.52. The number of hydrogen-bond donors (Lipinski definition) is 1. The van der Waals surface area contributed by atoms with E-state index in [4.69, 9.17) is 4.74 Å². The van der Waals surface area contributed by atoms with Crippen LogP contribution in [-0.4, -0.2) is 16.9 Å². The number of ether oxygens (including phenoxy) is 1. The van der Waals surface area contributed by atoms with Crippen LogP contribution in [-0.2, 0) is 10.2 Å². The topological polar surface area (TPSA) is 81.5 Å². The molecule has 0 unspecified atom stereocenters. The number of nitro groups is 1. The molecule has 1 N–H and O–H groups in total. The molecule has 0 saturated heterocycles. The van der Waals surface area contributed by atoms with Crippen LogP contribution in [0.4, 0.5) is 11.4 Å². The Bertz CT molecular complexity index is 779. The first-order valence-electron chi connectivity index (χ1n) is 8.53. The van der Waals surface area contributed by atoms with Crippen LogP contribution in [0.5, 0.6) is 5.75 Å². The molecule has 6 nitrogen and oxygen atoms in total. The third kappa shape index (κ3) is 5.05. The van der Waals surface area contributed by atoms with Crippen LogP contribution >= 0.6 is 0 Å². The number of nitro benzene ring substituents is 1. The number of anilines is 1. The quantitative estimate of drug-likeness (QED) is 0.601. The van der Waals surface area contributed by atoms with Crippen LogP contribution in [0.25, 0.3) is 0 Å². The highest BCUT2D eigenvalue weighted by Crippen LogP contribution is 2.25. The zero-order valence-electron chi connectivity index (χ0n) is 15.5. The van der Waals surface area contributed by atoms with Crippen molar-refractivity contribution < 1.29 is 14.5 Å². The summed E-state index contributed by atoms with van der Waals surface area (Å²) in [4.78, 5) is 22.8. The monoisotopic (exact) mass is 356 g/mol. The minimum atomic E-state index is -0.685. The van der Waals surface area contributed by atoms with Gasteiger partial charge in [-0.1, -0.05) is 45.9 Å². The lowest BCUT2D eigenvalue weighted by molar-refractivity contribution is -0.384. The third-order valence-corrected chi connectivity index (χ3v) is 3.99. The number of benzene rings is 2. The fourth-order valence-corrected chi connectivity index (χ4v) is 2.44. The number of nitrogens with one attached hydrogen (secondary N) is 1. The van der Waals surface area contributed by atoms with Gasteiger partial charge in [0.2, 0.25) is 0 Å². The Labute approximate surface area is 153 Å². The lowest BCUT2D eigenvalue weighted by Gasteiger charge is -2.21. The van der Waals surface area contributed by atoms with Crippen molar-refractivity contribution in [2.45, 2.75) is 45.6 Å².